The largest absolute Gasteiger partial charge is 0.452 e. The Morgan fingerprint density at radius 3 is 2.15 bits per heavy atom. The van der Waals surface area contributed by atoms with Crippen LogP contribution in [0.25, 0.3) is 0 Å². The second kappa shape index (κ2) is 10.1. The summed E-state index contributed by atoms with van der Waals surface area (Å²) >= 11 is 1.28. The van der Waals surface area contributed by atoms with E-state index in [-0.39, 0.29) is 29.1 Å². The molecule has 0 saturated heterocycles. The molecule has 1 aromatic heterocycles. The minimum Gasteiger partial charge on any atom is -0.452 e. The van der Waals surface area contributed by atoms with Crippen molar-refractivity contribution >= 4 is 46.4 Å². The maximum Gasteiger partial charge on any atom is 0.340 e. The van der Waals surface area contributed by atoms with Crippen molar-refractivity contribution in [2.45, 2.75) is 18.9 Å². The third kappa shape index (κ3) is 5.83. The first kappa shape index (κ1) is 22.2. The number of para-hydroxylation sites is 2. The molecular formula is C24H21N3O5S. The normalized spacial score (nSPS) is 12.5. The minimum atomic E-state index is -0.757. The Balaban J connectivity index is 1.36. The molecule has 0 spiro atoms. The van der Waals surface area contributed by atoms with Crippen LogP contribution in [0, 0.1) is 0 Å². The maximum absolute atomic E-state index is 12.6. The monoisotopic (exact) mass is 463 g/mol. The average molecular weight is 464 g/mol. The molecule has 4 rings (SSSR count). The first-order valence-electron chi connectivity index (χ1n) is 10.3. The Morgan fingerprint density at radius 2 is 1.48 bits per heavy atom. The van der Waals surface area contributed by atoms with Gasteiger partial charge in [0.15, 0.2) is 6.61 Å². The van der Waals surface area contributed by atoms with Gasteiger partial charge in [-0.2, -0.15) is 0 Å². The summed E-state index contributed by atoms with van der Waals surface area (Å²) in [5, 5.41) is 9.96. The van der Waals surface area contributed by atoms with Crippen molar-refractivity contribution in [3.63, 3.8) is 0 Å². The summed E-state index contributed by atoms with van der Waals surface area (Å²) in [6.07, 6.45) is 1.90. The molecule has 9 heteroatoms. The first-order valence-corrected chi connectivity index (χ1v) is 11.2. The number of hydrogen-bond donors (Lipinski definition) is 3. The summed E-state index contributed by atoms with van der Waals surface area (Å²) < 4.78 is 5.15. The van der Waals surface area contributed by atoms with E-state index < -0.39 is 18.5 Å². The number of benzene rings is 2. The number of anilines is 2. The molecule has 33 heavy (non-hydrogen) atoms. The van der Waals surface area contributed by atoms with Crippen LogP contribution in [0.5, 0.6) is 0 Å². The lowest BCUT2D eigenvalue weighted by Crippen LogP contribution is -2.28. The Kier molecular flexibility index (Phi) is 6.80. The zero-order valence-electron chi connectivity index (χ0n) is 17.5. The summed E-state index contributed by atoms with van der Waals surface area (Å²) in [7, 11) is 0. The zero-order chi connectivity index (χ0) is 23.2. The predicted octanol–water partition coefficient (Wildman–Crippen LogP) is 3.69. The summed E-state index contributed by atoms with van der Waals surface area (Å²) in [5.41, 5.74) is 1.08. The van der Waals surface area contributed by atoms with Gasteiger partial charge in [0.1, 0.15) is 0 Å². The van der Waals surface area contributed by atoms with Crippen molar-refractivity contribution in [2.75, 3.05) is 17.2 Å². The third-order valence-electron chi connectivity index (χ3n) is 4.83. The molecule has 0 bridgehead atoms. The molecule has 0 unspecified atom stereocenters. The quantitative estimate of drug-likeness (QED) is 0.441. The van der Waals surface area contributed by atoms with Crippen LogP contribution in [0.4, 0.5) is 11.4 Å². The predicted molar refractivity (Wildman–Crippen MR) is 125 cm³/mol. The van der Waals surface area contributed by atoms with Crippen LogP contribution in [-0.4, -0.2) is 36.3 Å². The van der Waals surface area contributed by atoms with Gasteiger partial charge in [0.05, 0.1) is 27.4 Å². The highest BCUT2D eigenvalue weighted by Crippen LogP contribution is 2.22. The molecule has 1 aliphatic carbocycles. The Morgan fingerprint density at radius 1 is 0.818 bits per heavy atom. The molecule has 0 radical (unpaired) electrons. The highest BCUT2D eigenvalue weighted by atomic mass is 32.1. The van der Waals surface area contributed by atoms with E-state index in [2.05, 4.69) is 16.0 Å². The van der Waals surface area contributed by atoms with Crippen LogP contribution in [0.1, 0.15) is 43.2 Å². The number of esters is 1. The van der Waals surface area contributed by atoms with E-state index in [1.54, 1.807) is 60.0 Å². The molecule has 0 atom stereocenters. The lowest BCUT2D eigenvalue weighted by Gasteiger charge is -2.12. The fraction of sp³-hybridized carbons (Fsp3) is 0.167. The van der Waals surface area contributed by atoms with Gasteiger partial charge in [-0.3, -0.25) is 14.4 Å². The van der Waals surface area contributed by atoms with E-state index >= 15 is 0 Å². The number of carbonyl (C=O) groups excluding carboxylic acids is 4. The van der Waals surface area contributed by atoms with E-state index in [0.717, 1.165) is 12.8 Å². The van der Waals surface area contributed by atoms with Crippen molar-refractivity contribution in [2.24, 2.45) is 0 Å². The number of rotatable bonds is 8. The van der Waals surface area contributed by atoms with Gasteiger partial charge in [0, 0.05) is 6.04 Å². The van der Waals surface area contributed by atoms with Gasteiger partial charge < -0.3 is 20.7 Å². The molecule has 3 aromatic rings. The van der Waals surface area contributed by atoms with Crippen LogP contribution in [0.2, 0.25) is 0 Å². The summed E-state index contributed by atoms with van der Waals surface area (Å²) in [4.78, 5) is 50.2. The minimum absolute atomic E-state index is 0.124. The SMILES string of the molecule is O=C(COC(=O)c1ccccc1NC(=O)c1cccs1)Nc1ccccc1C(=O)NC1CC1. The molecule has 1 fully saturated rings. The van der Waals surface area contributed by atoms with Crippen molar-refractivity contribution in [1.29, 1.82) is 0 Å². The summed E-state index contributed by atoms with van der Waals surface area (Å²) in [6.45, 7) is -0.551. The van der Waals surface area contributed by atoms with Crippen LogP contribution in [0.15, 0.2) is 66.0 Å². The number of amides is 3. The van der Waals surface area contributed by atoms with E-state index in [4.69, 9.17) is 4.74 Å². The van der Waals surface area contributed by atoms with Crippen molar-refractivity contribution in [3.05, 3.63) is 82.0 Å². The summed E-state index contributed by atoms with van der Waals surface area (Å²) in [5.74, 6) is -1.95. The van der Waals surface area contributed by atoms with Crippen molar-refractivity contribution < 1.29 is 23.9 Å². The molecule has 3 N–H and O–H groups in total. The average Bonchev–Trinajstić information content (AvgIpc) is 3.45. The van der Waals surface area contributed by atoms with Crippen LogP contribution in [-0.2, 0) is 9.53 Å². The van der Waals surface area contributed by atoms with E-state index in [1.807, 2.05) is 0 Å². The number of carbonyl (C=O) groups is 4. The van der Waals surface area contributed by atoms with Crippen LogP contribution >= 0.6 is 11.3 Å². The standard InChI is InChI=1S/C24H21N3O5S/c28-21(26-18-8-3-1-6-16(18)22(29)25-15-11-12-15)14-32-24(31)17-7-2-4-9-19(17)27-23(30)20-10-5-13-33-20/h1-10,13,15H,11-12,14H2,(H,25,29)(H,26,28)(H,27,30). The highest BCUT2D eigenvalue weighted by Gasteiger charge is 2.25. The van der Waals surface area contributed by atoms with Gasteiger partial charge in [-0.1, -0.05) is 30.3 Å². The van der Waals surface area contributed by atoms with Gasteiger partial charge >= 0.3 is 5.97 Å². The maximum atomic E-state index is 12.6. The fourth-order valence-corrected chi connectivity index (χ4v) is 3.66. The number of thiophene rings is 1. The fourth-order valence-electron chi connectivity index (χ4n) is 3.04. The van der Waals surface area contributed by atoms with Gasteiger partial charge in [-0.05, 0) is 48.6 Å². The van der Waals surface area contributed by atoms with E-state index in [9.17, 15) is 19.2 Å². The van der Waals surface area contributed by atoms with Crippen LogP contribution in [0.3, 0.4) is 0 Å². The van der Waals surface area contributed by atoms with Crippen molar-refractivity contribution in [3.8, 4) is 0 Å². The highest BCUT2D eigenvalue weighted by molar-refractivity contribution is 7.12. The molecule has 8 nitrogen and oxygen atoms in total. The topological polar surface area (TPSA) is 114 Å². The van der Waals surface area contributed by atoms with Gasteiger partial charge in [0.2, 0.25) is 0 Å². The summed E-state index contributed by atoms with van der Waals surface area (Å²) in [6, 6.07) is 16.6. The lowest BCUT2D eigenvalue weighted by molar-refractivity contribution is -0.119. The third-order valence-corrected chi connectivity index (χ3v) is 5.70. The molecule has 3 amide bonds. The lowest BCUT2D eigenvalue weighted by atomic mass is 10.1. The molecule has 1 aliphatic rings. The zero-order valence-corrected chi connectivity index (χ0v) is 18.3. The van der Waals surface area contributed by atoms with Crippen LogP contribution < -0.4 is 16.0 Å². The number of hydrogen-bond acceptors (Lipinski definition) is 6. The Bertz CT molecular complexity index is 1190. The second-order valence-corrected chi connectivity index (χ2v) is 8.34. The Labute approximate surface area is 194 Å². The molecule has 168 valence electrons. The number of ether oxygens (including phenoxy) is 1. The first-order chi connectivity index (χ1) is 16.0. The smallest absolute Gasteiger partial charge is 0.340 e. The molecular weight excluding hydrogens is 442 g/mol. The number of nitrogens with one attached hydrogen (secondary N) is 3. The molecule has 2 aromatic carbocycles. The van der Waals surface area contributed by atoms with Gasteiger partial charge in [-0.25, -0.2) is 4.79 Å². The van der Waals surface area contributed by atoms with E-state index in [1.165, 1.54) is 17.4 Å². The molecule has 0 aliphatic heterocycles. The van der Waals surface area contributed by atoms with Gasteiger partial charge in [0.25, 0.3) is 17.7 Å². The van der Waals surface area contributed by atoms with E-state index in [0.29, 0.717) is 16.1 Å². The molecule has 1 heterocycles. The second-order valence-electron chi connectivity index (χ2n) is 7.39. The Hall–Kier alpha value is -3.98. The van der Waals surface area contributed by atoms with Crippen molar-refractivity contribution in [1.82, 2.24) is 5.32 Å². The van der Waals surface area contributed by atoms with Gasteiger partial charge in [-0.15, -0.1) is 11.3 Å². The molecule has 1 saturated carbocycles.